The van der Waals surface area contributed by atoms with E-state index in [0.717, 1.165) is 24.9 Å². The second kappa shape index (κ2) is 17.5. The summed E-state index contributed by atoms with van der Waals surface area (Å²) < 4.78 is 0. The van der Waals surface area contributed by atoms with E-state index in [0.29, 0.717) is 30.4 Å². The molecule has 4 N–H and O–H groups in total. The number of benzene rings is 1. The molecule has 2 aromatic rings. The lowest BCUT2D eigenvalue weighted by Crippen LogP contribution is -2.57. The first-order chi connectivity index (χ1) is 22.9. The molecule has 1 saturated carbocycles. The Kier molecular flexibility index (Phi) is 13.5. The number of carbonyl (C=O) groups is 5. The van der Waals surface area contributed by atoms with Crippen LogP contribution in [0.15, 0.2) is 35.7 Å². The second-order valence-electron chi connectivity index (χ2n) is 13.5. The van der Waals surface area contributed by atoms with E-state index in [1.165, 1.54) is 37.5 Å². The molecule has 0 saturated heterocycles. The Balaban J connectivity index is 1.63. The minimum Gasteiger partial charge on any atom is -0.345 e. The first-order valence-corrected chi connectivity index (χ1v) is 18.0. The van der Waals surface area contributed by atoms with Gasteiger partial charge in [-0.2, -0.15) is 0 Å². The highest BCUT2D eigenvalue weighted by Crippen LogP contribution is 2.25. The van der Waals surface area contributed by atoms with Crippen LogP contribution in [-0.2, 0) is 25.6 Å². The summed E-state index contributed by atoms with van der Waals surface area (Å²) in [4.78, 5) is 74.9. The van der Waals surface area contributed by atoms with Crippen molar-refractivity contribution in [2.75, 3.05) is 33.2 Å². The topological polar surface area (TPSA) is 153 Å². The highest BCUT2D eigenvalue weighted by molar-refractivity contribution is 7.09. The first kappa shape index (κ1) is 37.0. The predicted octanol–water partition coefficient (Wildman–Crippen LogP) is 2.66. The Morgan fingerprint density at radius 3 is 2.27 bits per heavy atom. The van der Waals surface area contributed by atoms with E-state index in [1.807, 2.05) is 30.3 Å². The zero-order valence-electron chi connectivity index (χ0n) is 28.8. The number of aromatic nitrogens is 1. The highest BCUT2D eigenvalue weighted by atomic mass is 32.1. The van der Waals surface area contributed by atoms with Crippen molar-refractivity contribution in [3.05, 3.63) is 52.0 Å². The number of hydrogen-bond donors (Lipinski definition) is 4. The predicted molar refractivity (Wildman–Crippen MR) is 185 cm³/mol. The van der Waals surface area contributed by atoms with Crippen molar-refractivity contribution in [2.45, 2.75) is 90.4 Å². The van der Waals surface area contributed by atoms with Gasteiger partial charge in [-0.25, -0.2) is 4.98 Å². The van der Waals surface area contributed by atoms with Crippen molar-refractivity contribution in [2.24, 2.45) is 11.8 Å². The highest BCUT2D eigenvalue weighted by Gasteiger charge is 2.31. The Morgan fingerprint density at radius 2 is 1.58 bits per heavy atom. The van der Waals surface area contributed by atoms with Gasteiger partial charge in [0, 0.05) is 32.1 Å². The van der Waals surface area contributed by atoms with Crippen molar-refractivity contribution in [3.8, 4) is 0 Å². The summed E-state index contributed by atoms with van der Waals surface area (Å²) >= 11 is 1.28. The maximum absolute atomic E-state index is 13.7. The van der Waals surface area contributed by atoms with E-state index in [2.05, 4.69) is 31.2 Å². The van der Waals surface area contributed by atoms with Gasteiger partial charge in [0.15, 0.2) is 0 Å². The minimum atomic E-state index is -0.967. The van der Waals surface area contributed by atoms with Crippen molar-refractivity contribution < 1.29 is 24.0 Å². The van der Waals surface area contributed by atoms with Crippen LogP contribution in [0.5, 0.6) is 0 Å². The smallest absolute Gasteiger partial charge is 0.271 e. The molecule has 0 spiro atoms. The van der Waals surface area contributed by atoms with Crippen LogP contribution in [0.1, 0.15) is 86.9 Å². The molecule has 1 aliphatic heterocycles. The molecular formula is C35H51N7O5S. The van der Waals surface area contributed by atoms with E-state index >= 15 is 0 Å². The van der Waals surface area contributed by atoms with Crippen LogP contribution in [0, 0.1) is 11.8 Å². The maximum atomic E-state index is 13.7. The van der Waals surface area contributed by atoms with Crippen molar-refractivity contribution in [1.82, 2.24) is 36.1 Å². The Hall–Kier alpha value is -3.84. The largest absolute Gasteiger partial charge is 0.345 e. The quantitative estimate of drug-likeness (QED) is 0.379. The SMILES string of the molecule is CC(C)[C@@H]1NC(=O)[C@H](C)NC(=O)c2csc(n2)[C@H](Cc2ccccc2)NC(=O)CN(CC2CCCCC2)CCN(C)C(=O)[C@@H](C)NC1=O. The summed E-state index contributed by atoms with van der Waals surface area (Å²) in [5, 5.41) is 13.6. The number of amides is 5. The molecule has 1 aromatic heterocycles. The van der Waals surface area contributed by atoms with Crippen molar-refractivity contribution in [3.63, 3.8) is 0 Å². The first-order valence-electron chi connectivity index (χ1n) is 17.1. The fourth-order valence-corrected chi connectivity index (χ4v) is 7.11. The summed E-state index contributed by atoms with van der Waals surface area (Å²) in [6, 6.07) is 6.59. The molecule has 1 aromatic carbocycles. The summed E-state index contributed by atoms with van der Waals surface area (Å²) in [6.45, 7) is 8.51. The number of likely N-dealkylation sites (N-methyl/N-ethyl adjacent to an activating group) is 1. The normalized spacial score (nSPS) is 25.1. The second-order valence-corrected chi connectivity index (χ2v) is 14.4. The van der Waals surface area contributed by atoms with Crippen molar-refractivity contribution >= 4 is 40.9 Å². The molecule has 48 heavy (non-hydrogen) atoms. The standard InChI is InChI=1S/C35H51N7O5S/c1-22(2)30-33(46)37-24(4)35(47)41(5)16-17-42(19-26-14-10-7-11-15-26)20-29(43)38-27(18-25-12-8-6-9-13-25)34-39-28(21-48-34)32(45)36-23(3)31(44)40-30/h6,8-9,12-13,21-24,26-27,30H,7,10-11,14-20H2,1-5H3,(H,36,45)(H,37,46)(H,38,43)(H,40,44)/t23-,24+,27-,30-/m0/s1. The van der Waals surface area contributed by atoms with Crippen LogP contribution >= 0.6 is 11.3 Å². The lowest BCUT2D eigenvalue weighted by atomic mass is 9.89. The molecule has 13 heteroatoms. The lowest BCUT2D eigenvalue weighted by molar-refractivity contribution is -0.136. The summed E-state index contributed by atoms with van der Waals surface area (Å²) in [6.07, 6.45) is 6.29. The van der Waals surface area contributed by atoms with Gasteiger partial charge < -0.3 is 26.2 Å². The van der Waals surface area contributed by atoms with Gasteiger partial charge in [-0.05, 0) is 50.5 Å². The van der Waals surface area contributed by atoms with Crippen molar-refractivity contribution in [1.29, 1.82) is 0 Å². The Morgan fingerprint density at radius 1 is 0.875 bits per heavy atom. The van der Waals surface area contributed by atoms with Gasteiger partial charge in [0.2, 0.25) is 23.6 Å². The van der Waals surface area contributed by atoms with Gasteiger partial charge in [0.05, 0.1) is 12.6 Å². The average molecular weight is 682 g/mol. The molecule has 2 aliphatic rings. The number of rotatable bonds is 5. The fraction of sp³-hybridized carbons (Fsp3) is 0.600. The van der Waals surface area contributed by atoms with Gasteiger partial charge in [0.1, 0.15) is 28.8 Å². The number of thiazole rings is 1. The lowest BCUT2D eigenvalue weighted by Gasteiger charge is -2.32. The third-order valence-corrected chi connectivity index (χ3v) is 10.1. The molecule has 0 unspecified atom stereocenters. The third-order valence-electron chi connectivity index (χ3n) is 9.12. The molecule has 12 nitrogen and oxygen atoms in total. The van der Waals surface area contributed by atoms with Crippen LogP contribution in [0.3, 0.4) is 0 Å². The van der Waals surface area contributed by atoms with Gasteiger partial charge in [0.25, 0.3) is 5.91 Å². The third kappa shape index (κ3) is 10.6. The Bertz CT molecular complexity index is 1410. The zero-order chi connectivity index (χ0) is 34.8. The van der Waals surface area contributed by atoms with Crippen LogP contribution < -0.4 is 21.3 Å². The number of nitrogens with one attached hydrogen (secondary N) is 4. The molecule has 1 aliphatic carbocycles. The molecular weight excluding hydrogens is 630 g/mol. The number of carbonyl (C=O) groups excluding carboxylic acids is 5. The number of nitrogens with zero attached hydrogens (tertiary/aromatic N) is 3. The molecule has 1 fully saturated rings. The monoisotopic (exact) mass is 681 g/mol. The van der Waals surface area contributed by atoms with E-state index in [4.69, 9.17) is 0 Å². The minimum absolute atomic E-state index is 0.139. The van der Waals surface area contributed by atoms with Gasteiger partial charge >= 0.3 is 0 Å². The maximum Gasteiger partial charge on any atom is 0.271 e. The number of hydrogen-bond acceptors (Lipinski definition) is 8. The van der Waals surface area contributed by atoms with E-state index in [9.17, 15) is 24.0 Å². The molecule has 0 radical (unpaired) electrons. The fourth-order valence-electron chi connectivity index (χ4n) is 6.26. The molecule has 2 bridgehead atoms. The van der Waals surface area contributed by atoms with E-state index in [-0.39, 0.29) is 30.0 Å². The molecule has 2 heterocycles. The van der Waals surface area contributed by atoms with E-state index in [1.54, 1.807) is 38.1 Å². The molecule has 4 atom stereocenters. The molecule has 5 amide bonds. The van der Waals surface area contributed by atoms with Crippen LogP contribution in [0.2, 0.25) is 0 Å². The van der Waals surface area contributed by atoms with Gasteiger partial charge in [-0.3, -0.25) is 28.9 Å². The Labute approximate surface area is 287 Å². The number of fused-ring (bicyclic) bond motifs is 2. The summed E-state index contributed by atoms with van der Waals surface area (Å²) in [5.41, 5.74) is 1.15. The molecule has 4 rings (SSSR count). The summed E-state index contributed by atoms with van der Waals surface area (Å²) in [7, 11) is 1.70. The van der Waals surface area contributed by atoms with Gasteiger partial charge in [-0.15, -0.1) is 11.3 Å². The van der Waals surface area contributed by atoms with Gasteiger partial charge in [-0.1, -0.05) is 63.4 Å². The zero-order valence-corrected chi connectivity index (χ0v) is 29.6. The molecule has 262 valence electrons. The van der Waals surface area contributed by atoms with Crippen LogP contribution in [0.4, 0.5) is 0 Å². The van der Waals surface area contributed by atoms with Crippen LogP contribution in [-0.4, -0.2) is 95.7 Å². The van der Waals surface area contributed by atoms with Crippen LogP contribution in [0.25, 0.3) is 0 Å². The summed E-state index contributed by atoms with van der Waals surface area (Å²) in [5.74, 6) is -1.80. The van der Waals surface area contributed by atoms with E-state index < -0.39 is 41.9 Å². The average Bonchev–Trinajstić information content (AvgIpc) is 3.56.